The van der Waals surface area contributed by atoms with Crippen molar-refractivity contribution in [1.82, 2.24) is 4.98 Å². The summed E-state index contributed by atoms with van der Waals surface area (Å²) in [6.07, 6.45) is 4.85. The number of rotatable bonds is 4. The number of anilines is 1. The lowest BCUT2D eigenvalue weighted by Crippen LogP contribution is -2.26. The van der Waals surface area contributed by atoms with Crippen molar-refractivity contribution in [2.75, 3.05) is 23.7 Å². The molecule has 2 N–H and O–H groups in total. The van der Waals surface area contributed by atoms with Crippen LogP contribution >= 0.6 is 16.1 Å². The summed E-state index contributed by atoms with van der Waals surface area (Å²) in [5, 5.41) is 5.09. The van der Waals surface area contributed by atoms with E-state index in [1.165, 1.54) is 12.3 Å². The molecule has 0 atom stereocenters. The van der Waals surface area contributed by atoms with Crippen LogP contribution < -0.4 is 9.06 Å². The van der Waals surface area contributed by atoms with E-state index in [1.54, 1.807) is 6.20 Å². The molecule has 0 radical (unpaired) electrons. The molecular weight excluding hydrogens is 334 g/mol. The summed E-state index contributed by atoms with van der Waals surface area (Å²) in [6.45, 7) is 2.33. The molecule has 0 amide bonds. The predicted octanol–water partition coefficient (Wildman–Crippen LogP) is 1.27. The van der Waals surface area contributed by atoms with E-state index in [1.807, 2.05) is 3.93 Å². The Kier molecular flexibility index (Phi) is 4.77. The fourth-order valence-corrected chi connectivity index (χ4v) is 3.05. The van der Waals surface area contributed by atoms with E-state index >= 15 is 0 Å². The van der Waals surface area contributed by atoms with Gasteiger partial charge in [0, 0.05) is 42.1 Å². The average molecular weight is 350 g/mol. The van der Waals surface area contributed by atoms with E-state index in [2.05, 4.69) is 21.1 Å². The molecule has 1 saturated heterocycles. The minimum absolute atomic E-state index is 0.0152. The first kappa shape index (κ1) is 14.7. The number of aromatic nitrogens is 1. The van der Waals surface area contributed by atoms with E-state index in [0.29, 0.717) is 11.6 Å². The van der Waals surface area contributed by atoms with Gasteiger partial charge in [0.2, 0.25) is 10.0 Å². The number of nitrogens with two attached hydrogens (primary N) is 1. The highest BCUT2D eigenvalue weighted by atomic mass is 79.9. The van der Waals surface area contributed by atoms with Gasteiger partial charge in [-0.1, -0.05) is 0 Å². The molecule has 0 saturated carbocycles. The topological polar surface area (TPSA) is 85.5 Å². The van der Waals surface area contributed by atoms with Crippen LogP contribution in [0.1, 0.15) is 12.8 Å². The van der Waals surface area contributed by atoms with Gasteiger partial charge in [-0.3, -0.25) is 4.98 Å². The van der Waals surface area contributed by atoms with Crippen molar-refractivity contribution < 1.29 is 13.2 Å². The number of ether oxygens (including phenoxy) is 1. The summed E-state index contributed by atoms with van der Waals surface area (Å²) in [7, 11) is -3.72. The van der Waals surface area contributed by atoms with Crippen molar-refractivity contribution in [2.24, 2.45) is 11.1 Å². The zero-order valence-electron chi connectivity index (χ0n) is 10.3. The summed E-state index contributed by atoms with van der Waals surface area (Å²) in [4.78, 5) is 3.92. The SMILES string of the molecule is NS(=O)(=O)c1cncc(N(Br)CC2CCOCC2)c1. The van der Waals surface area contributed by atoms with Crippen LogP contribution in [0.4, 0.5) is 5.69 Å². The van der Waals surface area contributed by atoms with Gasteiger partial charge in [-0.15, -0.1) is 0 Å². The highest BCUT2D eigenvalue weighted by Gasteiger charge is 2.18. The normalized spacial score (nSPS) is 17.4. The third-order valence-electron chi connectivity index (χ3n) is 3.07. The van der Waals surface area contributed by atoms with Crippen molar-refractivity contribution in [3.8, 4) is 0 Å². The fourth-order valence-electron chi connectivity index (χ4n) is 1.96. The van der Waals surface area contributed by atoms with Gasteiger partial charge in [-0.25, -0.2) is 13.6 Å². The number of primary sulfonamides is 1. The maximum absolute atomic E-state index is 11.3. The third-order valence-corrected chi connectivity index (χ3v) is 4.65. The number of pyridine rings is 1. The first-order valence-electron chi connectivity index (χ1n) is 5.96. The lowest BCUT2D eigenvalue weighted by atomic mass is 10.0. The molecule has 1 fully saturated rings. The summed E-state index contributed by atoms with van der Waals surface area (Å²) >= 11 is 3.44. The van der Waals surface area contributed by atoms with Crippen LogP contribution in [0.25, 0.3) is 0 Å². The lowest BCUT2D eigenvalue weighted by molar-refractivity contribution is 0.0693. The second-order valence-corrected chi connectivity index (χ2v) is 6.94. The number of halogens is 1. The van der Waals surface area contributed by atoms with Crippen molar-refractivity contribution in [1.29, 1.82) is 0 Å². The summed E-state index contributed by atoms with van der Waals surface area (Å²) in [6, 6.07) is 1.51. The highest BCUT2D eigenvalue weighted by molar-refractivity contribution is 9.10. The van der Waals surface area contributed by atoms with E-state index in [9.17, 15) is 8.42 Å². The maximum atomic E-state index is 11.3. The number of sulfonamides is 1. The van der Waals surface area contributed by atoms with Gasteiger partial charge in [0.1, 0.15) is 4.90 Å². The molecule has 8 heteroatoms. The Bertz CT molecular complexity index is 532. The third kappa shape index (κ3) is 4.13. The Hall–Kier alpha value is -0.700. The van der Waals surface area contributed by atoms with Crippen LogP contribution in [0.15, 0.2) is 23.4 Å². The Morgan fingerprint density at radius 2 is 2.11 bits per heavy atom. The standard InChI is InChI=1S/C11H16BrN3O3S/c12-15(8-9-1-3-18-4-2-9)10-5-11(7-14-6-10)19(13,16)17/h5-7,9H,1-4,8H2,(H2,13,16,17). The van der Waals surface area contributed by atoms with Gasteiger partial charge in [-0.2, -0.15) is 0 Å². The van der Waals surface area contributed by atoms with E-state index < -0.39 is 10.0 Å². The second kappa shape index (κ2) is 6.17. The average Bonchev–Trinajstić information content (AvgIpc) is 2.39. The zero-order valence-corrected chi connectivity index (χ0v) is 12.7. The molecule has 2 heterocycles. The Labute approximate surface area is 121 Å². The minimum atomic E-state index is -3.72. The van der Waals surface area contributed by atoms with Gasteiger partial charge in [-0.05, 0) is 24.8 Å². The second-order valence-electron chi connectivity index (χ2n) is 4.52. The van der Waals surface area contributed by atoms with E-state index in [-0.39, 0.29) is 4.90 Å². The lowest BCUT2D eigenvalue weighted by Gasteiger charge is -2.26. The van der Waals surface area contributed by atoms with Crippen molar-refractivity contribution >= 4 is 31.9 Å². The molecular formula is C11H16BrN3O3S. The number of nitrogens with zero attached hydrogens (tertiary/aromatic N) is 2. The molecule has 1 aromatic rings. The van der Waals surface area contributed by atoms with Gasteiger partial charge >= 0.3 is 0 Å². The maximum Gasteiger partial charge on any atom is 0.239 e. The molecule has 6 nitrogen and oxygen atoms in total. The Morgan fingerprint density at radius 3 is 2.74 bits per heavy atom. The first-order chi connectivity index (χ1) is 8.97. The van der Waals surface area contributed by atoms with Gasteiger partial charge in [0.15, 0.2) is 0 Å². The quantitative estimate of drug-likeness (QED) is 0.827. The van der Waals surface area contributed by atoms with Crippen molar-refractivity contribution in [3.63, 3.8) is 0 Å². The van der Waals surface area contributed by atoms with Crippen molar-refractivity contribution in [2.45, 2.75) is 17.7 Å². The Morgan fingerprint density at radius 1 is 1.42 bits per heavy atom. The number of hydrogen-bond acceptors (Lipinski definition) is 5. The van der Waals surface area contributed by atoms with Crippen LogP contribution in [-0.2, 0) is 14.8 Å². The molecule has 0 aliphatic carbocycles. The molecule has 0 bridgehead atoms. The summed E-state index contributed by atoms with van der Waals surface area (Å²) < 4.78 is 29.7. The molecule has 106 valence electrons. The Balaban J connectivity index is 2.08. The minimum Gasteiger partial charge on any atom is -0.381 e. The molecule has 0 unspecified atom stereocenters. The molecule has 19 heavy (non-hydrogen) atoms. The smallest absolute Gasteiger partial charge is 0.239 e. The number of hydrogen-bond donors (Lipinski definition) is 1. The van der Waals surface area contributed by atoms with Crippen molar-refractivity contribution in [3.05, 3.63) is 18.5 Å². The largest absolute Gasteiger partial charge is 0.381 e. The van der Waals surface area contributed by atoms with Gasteiger partial charge < -0.3 is 8.66 Å². The van der Waals surface area contributed by atoms with Crippen LogP contribution in [0.3, 0.4) is 0 Å². The van der Waals surface area contributed by atoms with Crippen LogP contribution in [-0.4, -0.2) is 33.2 Å². The van der Waals surface area contributed by atoms with E-state index in [4.69, 9.17) is 9.88 Å². The first-order valence-corrected chi connectivity index (χ1v) is 8.21. The van der Waals surface area contributed by atoms with E-state index in [0.717, 1.165) is 32.6 Å². The monoisotopic (exact) mass is 349 g/mol. The fraction of sp³-hybridized carbons (Fsp3) is 0.545. The predicted molar refractivity (Wildman–Crippen MR) is 75.4 cm³/mol. The molecule has 1 aliphatic heterocycles. The molecule has 0 spiro atoms. The molecule has 0 aromatic carbocycles. The van der Waals surface area contributed by atoms with Crippen LogP contribution in [0.2, 0.25) is 0 Å². The highest BCUT2D eigenvalue weighted by Crippen LogP contribution is 2.24. The zero-order chi connectivity index (χ0) is 13.9. The summed E-state index contributed by atoms with van der Waals surface area (Å²) in [5.74, 6) is 0.520. The van der Waals surface area contributed by atoms with Crippen LogP contribution in [0.5, 0.6) is 0 Å². The van der Waals surface area contributed by atoms with Crippen LogP contribution in [0, 0.1) is 5.92 Å². The van der Waals surface area contributed by atoms with Gasteiger partial charge in [0.05, 0.1) is 11.9 Å². The molecule has 1 aromatic heterocycles. The molecule has 1 aliphatic rings. The van der Waals surface area contributed by atoms with Gasteiger partial charge in [0.25, 0.3) is 0 Å². The molecule has 2 rings (SSSR count). The summed E-state index contributed by atoms with van der Waals surface area (Å²) in [5.41, 5.74) is 0.679.